The molecule has 8 heteroatoms. The summed E-state index contributed by atoms with van der Waals surface area (Å²) in [6, 6.07) is 0. The van der Waals surface area contributed by atoms with Gasteiger partial charge < -0.3 is 9.42 Å². The van der Waals surface area contributed by atoms with E-state index in [1.807, 2.05) is 6.92 Å². The molecule has 0 spiro atoms. The van der Waals surface area contributed by atoms with E-state index in [1.165, 1.54) is 32.1 Å². The van der Waals surface area contributed by atoms with E-state index >= 15 is 0 Å². The minimum absolute atomic E-state index is 0.478. The lowest BCUT2D eigenvalue weighted by Crippen LogP contribution is -2.46. The zero-order valence-electron chi connectivity index (χ0n) is 14.2. The van der Waals surface area contributed by atoms with Crippen molar-refractivity contribution in [3.05, 3.63) is 17.5 Å². The minimum Gasteiger partial charge on any atom is -0.339 e. The second-order valence-corrected chi connectivity index (χ2v) is 6.87. The predicted octanol–water partition coefficient (Wildman–Crippen LogP) is 1.87. The molecule has 130 valence electrons. The fraction of sp³-hybridized carbons (Fsp3) is 0.750. The van der Waals surface area contributed by atoms with Crippen molar-refractivity contribution in [3.63, 3.8) is 0 Å². The standard InChI is InChI=1S/C16H25N7O/c1-12-17-16(20-19-12)23-9-7-22(8-10-23)11-14-18-15(24-21-14)13-5-3-2-4-6-13/h13H,2-11H2,1H3,(H,17,19,20). The Morgan fingerprint density at radius 2 is 1.88 bits per heavy atom. The highest BCUT2D eigenvalue weighted by atomic mass is 16.5. The molecule has 0 radical (unpaired) electrons. The third kappa shape index (κ3) is 3.43. The van der Waals surface area contributed by atoms with Crippen LogP contribution in [0.4, 0.5) is 5.95 Å². The van der Waals surface area contributed by atoms with E-state index in [1.54, 1.807) is 0 Å². The zero-order chi connectivity index (χ0) is 16.4. The zero-order valence-corrected chi connectivity index (χ0v) is 14.2. The summed E-state index contributed by atoms with van der Waals surface area (Å²) in [6.07, 6.45) is 6.29. The fourth-order valence-corrected chi connectivity index (χ4v) is 3.63. The number of aryl methyl sites for hydroxylation is 1. The molecule has 0 unspecified atom stereocenters. The fourth-order valence-electron chi connectivity index (χ4n) is 3.63. The number of aromatic amines is 1. The van der Waals surface area contributed by atoms with E-state index in [9.17, 15) is 0 Å². The van der Waals surface area contributed by atoms with Crippen molar-refractivity contribution in [2.45, 2.75) is 51.5 Å². The van der Waals surface area contributed by atoms with Gasteiger partial charge in [-0.15, -0.1) is 5.10 Å². The second kappa shape index (κ2) is 6.88. The third-order valence-corrected chi connectivity index (χ3v) is 5.04. The van der Waals surface area contributed by atoms with Crippen LogP contribution in [0, 0.1) is 6.92 Å². The molecule has 3 heterocycles. The Hall–Kier alpha value is -1.96. The van der Waals surface area contributed by atoms with E-state index < -0.39 is 0 Å². The minimum atomic E-state index is 0.478. The van der Waals surface area contributed by atoms with Crippen LogP contribution in [0.15, 0.2) is 4.52 Å². The van der Waals surface area contributed by atoms with Crippen LogP contribution >= 0.6 is 0 Å². The molecule has 1 aliphatic heterocycles. The molecule has 2 fully saturated rings. The van der Waals surface area contributed by atoms with Gasteiger partial charge in [-0.1, -0.05) is 24.4 Å². The van der Waals surface area contributed by atoms with Crippen molar-refractivity contribution in [1.29, 1.82) is 0 Å². The highest BCUT2D eigenvalue weighted by molar-refractivity contribution is 5.29. The van der Waals surface area contributed by atoms with E-state index in [0.717, 1.165) is 56.2 Å². The van der Waals surface area contributed by atoms with Gasteiger partial charge in [0.1, 0.15) is 5.82 Å². The second-order valence-electron chi connectivity index (χ2n) is 6.87. The Morgan fingerprint density at radius 1 is 1.08 bits per heavy atom. The summed E-state index contributed by atoms with van der Waals surface area (Å²) in [7, 11) is 0. The number of aromatic nitrogens is 5. The summed E-state index contributed by atoms with van der Waals surface area (Å²) in [6.45, 7) is 6.45. The molecule has 0 atom stereocenters. The van der Waals surface area contributed by atoms with Crippen LogP contribution in [0.3, 0.4) is 0 Å². The molecule has 2 aliphatic rings. The average Bonchev–Trinajstić information content (AvgIpc) is 3.26. The average molecular weight is 331 g/mol. The van der Waals surface area contributed by atoms with Crippen LogP contribution in [-0.4, -0.2) is 56.4 Å². The van der Waals surface area contributed by atoms with E-state index in [4.69, 9.17) is 4.52 Å². The Labute approximate surface area is 141 Å². The van der Waals surface area contributed by atoms with Crippen LogP contribution in [0.5, 0.6) is 0 Å². The lowest BCUT2D eigenvalue weighted by Gasteiger charge is -2.33. The number of hydrogen-bond acceptors (Lipinski definition) is 7. The van der Waals surface area contributed by atoms with Gasteiger partial charge in [0.05, 0.1) is 6.54 Å². The maximum Gasteiger partial charge on any atom is 0.244 e. The van der Waals surface area contributed by atoms with E-state index in [2.05, 4.69) is 35.1 Å². The number of rotatable bonds is 4. The SMILES string of the molecule is Cc1nc(N2CCN(Cc3noc(C4CCCCC4)n3)CC2)n[nH]1. The topological polar surface area (TPSA) is 87.0 Å². The van der Waals surface area contributed by atoms with Crippen molar-refractivity contribution in [2.75, 3.05) is 31.1 Å². The molecule has 1 saturated carbocycles. The van der Waals surface area contributed by atoms with Gasteiger partial charge in [-0.25, -0.2) is 0 Å². The Bertz CT molecular complexity index is 653. The van der Waals surface area contributed by atoms with Crippen LogP contribution in [0.25, 0.3) is 0 Å². The van der Waals surface area contributed by atoms with Gasteiger partial charge >= 0.3 is 0 Å². The van der Waals surface area contributed by atoms with Crippen LogP contribution in [0.2, 0.25) is 0 Å². The maximum absolute atomic E-state index is 5.52. The van der Waals surface area contributed by atoms with Gasteiger partial charge in [-0.05, 0) is 19.8 Å². The first-order chi connectivity index (χ1) is 11.8. The number of nitrogens with one attached hydrogen (secondary N) is 1. The van der Waals surface area contributed by atoms with Gasteiger partial charge in [-0.3, -0.25) is 10.00 Å². The normalized spacial score (nSPS) is 20.6. The molecule has 2 aromatic rings. The van der Waals surface area contributed by atoms with Gasteiger partial charge in [0, 0.05) is 32.1 Å². The summed E-state index contributed by atoms with van der Waals surface area (Å²) >= 11 is 0. The monoisotopic (exact) mass is 331 g/mol. The first kappa shape index (κ1) is 15.6. The van der Waals surface area contributed by atoms with Crippen molar-refractivity contribution in [1.82, 2.24) is 30.2 Å². The highest BCUT2D eigenvalue weighted by Gasteiger charge is 2.24. The van der Waals surface area contributed by atoms with Crippen LogP contribution in [0.1, 0.15) is 55.6 Å². The number of H-pyrrole nitrogens is 1. The first-order valence-corrected chi connectivity index (χ1v) is 8.97. The molecule has 0 bridgehead atoms. The van der Waals surface area contributed by atoms with Gasteiger partial charge in [0.15, 0.2) is 5.82 Å². The summed E-state index contributed by atoms with van der Waals surface area (Å²) in [5, 5.41) is 11.3. The molecule has 8 nitrogen and oxygen atoms in total. The Kier molecular flexibility index (Phi) is 4.46. The summed E-state index contributed by atoms with van der Waals surface area (Å²) < 4.78 is 5.52. The molecule has 0 aromatic carbocycles. The van der Waals surface area contributed by atoms with Crippen LogP contribution < -0.4 is 4.90 Å². The Morgan fingerprint density at radius 3 is 2.58 bits per heavy atom. The lowest BCUT2D eigenvalue weighted by atomic mass is 9.89. The molecular formula is C16H25N7O. The quantitative estimate of drug-likeness (QED) is 0.915. The highest BCUT2D eigenvalue weighted by Crippen LogP contribution is 2.31. The Balaban J connectivity index is 1.30. The molecule has 1 saturated heterocycles. The number of hydrogen-bond donors (Lipinski definition) is 1. The number of nitrogens with zero attached hydrogens (tertiary/aromatic N) is 6. The molecule has 1 aliphatic carbocycles. The van der Waals surface area contributed by atoms with E-state index in [0.29, 0.717) is 5.92 Å². The predicted molar refractivity (Wildman–Crippen MR) is 88.7 cm³/mol. The van der Waals surface area contributed by atoms with Gasteiger partial charge in [0.25, 0.3) is 0 Å². The molecule has 2 aromatic heterocycles. The smallest absolute Gasteiger partial charge is 0.244 e. The van der Waals surface area contributed by atoms with Crippen molar-refractivity contribution in [3.8, 4) is 0 Å². The van der Waals surface area contributed by atoms with Crippen molar-refractivity contribution < 1.29 is 4.52 Å². The summed E-state index contributed by atoms with van der Waals surface area (Å²) in [5.41, 5.74) is 0. The largest absolute Gasteiger partial charge is 0.339 e. The first-order valence-electron chi connectivity index (χ1n) is 8.97. The lowest BCUT2D eigenvalue weighted by molar-refractivity contribution is 0.238. The van der Waals surface area contributed by atoms with Crippen LogP contribution in [-0.2, 0) is 6.54 Å². The molecule has 1 N–H and O–H groups in total. The van der Waals surface area contributed by atoms with Crippen molar-refractivity contribution >= 4 is 5.95 Å². The number of anilines is 1. The maximum atomic E-state index is 5.52. The van der Waals surface area contributed by atoms with Gasteiger partial charge in [-0.2, -0.15) is 9.97 Å². The molecule has 0 amide bonds. The third-order valence-electron chi connectivity index (χ3n) is 5.04. The van der Waals surface area contributed by atoms with E-state index in [-0.39, 0.29) is 0 Å². The number of piperazine rings is 1. The molecular weight excluding hydrogens is 306 g/mol. The van der Waals surface area contributed by atoms with Gasteiger partial charge in [0.2, 0.25) is 11.8 Å². The molecule has 24 heavy (non-hydrogen) atoms. The van der Waals surface area contributed by atoms with Crippen molar-refractivity contribution in [2.24, 2.45) is 0 Å². The summed E-state index contributed by atoms with van der Waals surface area (Å²) in [4.78, 5) is 13.6. The summed E-state index contributed by atoms with van der Waals surface area (Å²) in [5.74, 6) is 3.80. The molecule has 4 rings (SSSR count).